The van der Waals surface area contributed by atoms with Crippen LogP contribution in [0.25, 0.3) is 0 Å². The molecule has 2 atom stereocenters. The summed E-state index contributed by atoms with van der Waals surface area (Å²) in [5.74, 6) is -0.509. The first-order valence-corrected chi connectivity index (χ1v) is 8.38. The molecule has 0 saturated carbocycles. The molecule has 4 nitrogen and oxygen atoms in total. The molecule has 0 bridgehead atoms. The highest BCUT2D eigenvalue weighted by molar-refractivity contribution is 9.10. The van der Waals surface area contributed by atoms with Crippen molar-refractivity contribution < 1.29 is 13.3 Å². The number of hydrogen-bond donors (Lipinski definition) is 1. The molecule has 0 amide bonds. The van der Waals surface area contributed by atoms with E-state index in [1.165, 1.54) is 6.07 Å². The van der Waals surface area contributed by atoms with E-state index in [-0.39, 0.29) is 16.8 Å². The Balaban J connectivity index is 2.51. The minimum Gasteiger partial charge on any atom is -0.490 e. The fraction of sp³-hybridized carbons (Fsp3) is 0.500. The number of nitrogens with zero attached hydrogens (tertiary/aromatic N) is 1. The lowest BCUT2D eigenvalue weighted by atomic mass is 9.87. The van der Waals surface area contributed by atoms with Gasteiger partial charge in [0.15, 0.2) is 11.6 Å². The Morgan fingerprint density at radius 2 is 2.19 bits per heavy atom. The Morgan fingerprint density at radius 3 is 2.76 bits per heavy atom. The van der Waals surface area contributed by atoms with Crippen molar-refractivity contribution in [1.29, 1.82) is 5.26 Å². The standard InChI is InChI=1S/C14H16BrFN2O2S/c1-13(2,3)21(19)18-14(8-17)6-7-20-12-9(14)4-5-10(15)11(12)16/h4-5,18H,6-7H2,1-3H3. The number of hydrogen-bond acceptors (Lipinski definition) is 3. The van der Waals surface area contributed by atoms with Crippen molar-refractivity contribution in [3.8, 4) is 11.8 Å². The van der Waals surface area contributed by atoms with Crippen LogP contribution in [0.3, 0.4) is 0 Å². The van der Waals surface area contributed by atoms with E-state index >= 15 is 0 Å². The van der Waals surface area contributed by atoms with Crippen LogP contribution in [0.2, 0.25) is 0 Å². The first-order chi connectivity index (χ1) is 9.71. The van der Waals surface area contributed by atoms with Gasteiger partial charge in [0.05, 0.1) is 32.9 Å². The molecule has 1 heterocycles. The van der Waals surface area contributed by atoms with Gasteiger partial charge in [0.2, 0.25) is 0 Å². The van der Waals surface area contributed by atoms with Gasteiger partial charge in [-0.05, 0) is 42.8 Å². The van der Waals surface area contributed by atoms with Gasteiger partial charge in [-0.1, -0.05) is 6.07 Å². The SMILES string of the molecule is CC(C)(C)S(=O)NC1(C#N)CCOc2c1ccc(Br)c2F. The molecule has 1 aliphatic heterocycles. The van der Waals surface area contributed by atoms with Crippen molar-refractivity contribution in [3.05, 3.63) is 28.0 Å². The lowest BCUT2D eigenvalue weighted by Gasteiger charge is -2.35. The topological polar surface area (TPSA) is 62.1 Å². The maximum absolute atomic E-state index is 14.1. The number of nitriles is 1. The van der Waals surface area contributed by atoms with E-state index in [1.807, 2.05) is 20.8 Å². The van der Waals surface area contributed by atoms with Crippen LogP contribution >= 0.6 is 15.9 Å². The molecule has 7 heteroatoms. The Morgan fingerprint density at radius 1 is 1.52 bits per heavy atom. The van der Waals surface area contributed by atoms with Gasteiger partial charge in [-0.25, -0.2) is 13.3 Å². The van der Waals surface area contributed by atoms with E-state index in [9.17, 15) is 13.9 Å². The smallest absolute Gasteiger partial charge is 0.179 e. The number of halogens is 2. The van der Waals surface area contributed by atoms with Crippen LogP contribution in [-0.4, -0.2) is 15.6 Å². The third kappa shape index (κ3) is 2.98. The second kappa shape index (κ2) is 5.67. The zero-order valence-corrected chi connectivity index (χ0v) is 14.4. The Bertz CT molecular complexity index is 639. The van der Waals surface area contributed by atoms with Crippen molar-refractivity contribution in [3.63, 3.8) is 0 Å². The van der Waals surface area contributed by atoms with Gasteiger partial charge in [0.1, 0.15) is 5.54 Å². The molecule has 21 heavy (non-hydrogen) atoms. The molecule has 0 aromatic heterocycles. The van der Waals surface area contributed by atoms with Gasteiger partial charge >= 0.3 is 0 Å². The predicted octanol–water partition coefficient (Wildman–Crippen LogP) is 3.14. The number of ether oxygens (including phenoxy) is 1. The van der Waals surface area contributed by atoms with E-state index in [2.05, 4.69) is 26.7 Å². The van der Waals surface area contributed by atoms with Crippen molar-refractivity contribution >= 4 is 26.9 Å². The predicted molar refractivity (Wildman–Crippen MR) is 82.5 cm³/mol. The van der Waals surface area contributed by atoms with Crippen LogP contribution in [0.5, 0.6) is 5.75 Å². The lowest BCUT2D eigenvalue weighted by Crippen LogP contribution is -2.49. The third-order valence-corrected chi connectivity index (χ3v) is 5.51. The van der Waals surface area contributed by atoms with E-state index in [0.717, 1.165) is 0 Å². The number of nitrogens with one attached hydrogen (secondary N) is 1. The normalized spacial score (nSPS) is 22.9. The minimum atomic E-state index is -1.46. The van der Waals surface area contributed by atoms with Gasteiger partial charge in [0.25, 0.3) is 0 Å². The molecule has 1 aliphatic rings. The summed E-state index contributed by atoms with van der Waals surface area (Å²) in [4.78, 5) is 0. The average Bonchev–Trinajstić information content (AvgIpc) is 2.42. The van der Waals surface area contributed by atoms with Crippen LogP contribution < -0.4 is 9.46 Å². The van der Waals surface area contributed by atoms with Crippen molar-refractivity contribution in [2.75, 3.05) is 6.61 Å². The van der Waals surface area contributed by atoms with E-state index in [0.29, 0.717) is 12.0 Å². The Hall–Kier alpha value is -0.970. The molecule has 0 aliphatic carbocycles. The van der Waals surface area contributed by atoms with Crippen LogP contribution in [-0.2, 0) is 16.5 Å². The summed E-state index contributed by atoms with van der Waals surface area (Å²) >= 11 is 3.10. The van der Waals surface area contributed by atoms with Crippen LogP contribution in [0.1, 0.15) is 32.8 Å². The average molecular weight is 375 g/mol. The first kappa shape index (κ1) is 16.4. The summed E-state index contributed by atoms with van der Waals surface area (Å²) in [6.07, 6.45) is 0.305. The van der Waals surface area contributed by atoms with Gasteiger partial charge < -0.3 is 4.74 Å². The molecule has 1 aromatic carbocycles. The summed E-state index contributed by atoms with van der Waals surface area (Å²) in [5.41, 5.74) is -0.831. The number of fused-ring (bicyclic) bond motifs is 1. The molecule has 1 N–H and O–H groups in total. The summed E-state index contributed by atoms with van der Waals surface area (Å²) in [5, 5.41) is 9.63. The monoisotopic (exact) mass is 374 g/mol. The van der Waals surface area contributed by atoms with Gasteiger partial charge in [-0.3, -0.25) is 0 Å². The molecule has 2 unspecified atom stereocenters. The van der Waals surface area contributed by atoms with Crippen molar-refractivity contribution in [2.24, 2.45) is 0 Å². The summed E-state index contributed by atoms with van der Waals surface area (Å²) < 4.78 is 34.5. The van der Waals surface area contributed by atoms with Gasteiger partial charge in [-0.15, -0.1) is 0 Å². The zero-order chi connectivity index (χ0) is 15.8. The zero-order valence-electron chi connectivity index (χ0n) is 12.0. The second-order valence-electron chi connectivity index (χ2n) is 5.84. The molecule has 0 radical (unpaired) electrons. The number of benzene rings is 1. The quantitative estimate of drug-likeness (QED) is 0.864. The fourth-order valence-corrected chi connectivity index (χ4v) is 3.20. The number of rotatable bonds is 2. The van der Waals surface area contributed by atoms with Crippen LogP contribution in [0.15, 0.2) is 16.6 Å². The van der Waals surface area contributed by atoms with Gasteiger partial charge in [0, 0.05) is 12.0 Å². The maximum Gasteiger partial charge on any atom is 0.179 e. The molecule has 0 spiro atoms. The largest absolute Gasteiger partial charge is 0.490 e. The Kier molecular flexibility index (Phi) is 4.43. The highest BCUT2D eigenvalue weighted by atomic mass is 79.9. The summed E-state index contributed by atoms with van der Waals surface area (Å²) in [6, 6.07) is 5.30. The van der Waals surface area contributed by atoms with Crippen molar-refractivity contribution in [2.45, 2.75) is 37.5 Å². The third-order valence-electron chi connectivity index (χ3n) is 3.25. The maximum atomic E-state index is 14.1. The first-order valence-electron chi connectivity index (χ1n) is 6.43. The molecule has 1 aromatic rings. The molecule has 0 fully saturated rings. The van der Waals surface area contributed by atoms with E-state index in [4.69, 9.17) is 4.74 Å². The van der Waals surface area contributed by atoms with E-state index < -0.39 is 27.1 Å². The minimum absolute atomic E-state index is 0.0376. The highest BCUT2D eigenvalue weighted by Gasteiger charge is 2.42. The highest BCUT2D eigenvalue weighted by Crippen LogP contribution is 2.41. The molecule has 0 saturated heterocycles. The summed E-state index contributed by atoms with van der Waals surface area (Å²) in [7, 11) is -1.46. The molecular weight excluding hydrogens is 359 g/mol. The van der Waals surface area contributed by atoms with Crippen LogP contribution in [0, 0.1) is 17.1 Å². The Labute approximate surface area is 134 Å². The van der Waals surface area contributed by atoms with Gasteiger partial charge in [-0.2, -0.15) is 5.26 Å². The summed E-state index contributed by atoms with van der Waals surface area (Å²) in [6.45, 7) is 5.61. The molecular formula is C14H16BrFN2O2S. The van der Waals surface area contributed by atoms with Crippen molar-refractivity contribution in [1.82, 2.24) is 4.72 Å². The fourth-order valence-electron chi connectivity index (χ4n) is 2.01. The molecule has 114 valence electrons. The molecule has 2 rings (SSSR count). The second-order valence-corrected chi connectivity index (χ2v) is 8.66. The van der Waals surface area contributed by atoms with E-state index in [1.54, 1.807) is 6.07 Å². The van der Waals surface area contributed by atoms with Crippen LogP contribution in [0.4, 0.5) is 4.39 Å². The lowest BCUT2D eigenvalue weighted by molar-refractivity contribution is 0.225.